The first kappa shape index (κ1) is 9.83. The Balaban J connectivity index is 2.19. The lowest BCUT2D eigenvalue weighted by atomic mass is 9.90. The third-order valence-electron chi connectivity index (χ3n) is 2.31. The highest BCUT2D eigenvalue weighted by atomic mass is 35.5. The van der Waals surface area contributed by atoms with Crippen LogP contribution in [0, 0.1) is 5.95 Å². The second kappa shape index (κ2) is 3.46. The van der Waals surface area contributed by atoms with Gasteiger partial charge < -0.3 is 10.4 Å². The van der Waals surface area contributed by atoms with Crippen molar-refractivity contribution >= 4 is 11.6 Å². The summed E-state index contributed by atoms with van der Waals surface area (Å²) in [6.45, 7) is 0.970. The van der Waals surface area contributed by atoms with E-state index in [1.807, 2.05) is 0 Å². The number of β-amino-alcohol motifs (C(OH)–C–C–N with tert-alkyl or cyclic N) is 1. The van der Waals surface area contributed by atoms with Gasteiger partial charge in [0.2, 0.25) is 5.95 Å². The number of pyridine rings is 1. The van der Waals surface area contributed by atoms with Crippen molar-refractivity contribution in [1.29, 1.82) is 0 Å². The lowest BCUT2D eigenvalue weighted by Gasteiger charge is -2.37. The van der Waals surface area contributed by atoms with Gasteiger partial charge in [-0.2, -0.15) is 4.39 Å². The molecule has 0 amide bonds. The summed E-state index contributed by atoms with van der Waals surface area (Å²) >= 11 is 5.68. The van der Waals surface area contributed by atoms with E-state index in [0.717, 1.165) is 0 Å². The minimum Gasteiger partial charge on any atom is -0.387 e. The van der Waals surface area contributed by atoms with E-state index in [1.54, 1.807) is 0 Å². The Morgan fingerprint density at radius 3 is 2.93 bits per heavy atom. The molecule has 1 saturated heterocycles. The second-order valence-corrected chi connectivity index (χ2v) is 4.04. The molecule has 0 aliphatic carbocycles. The highest BCUT2D eigenvalue weighted by Gasteiger charge is 2.35. The molecule has 76 valence electrons. The van der Waals surface area contributed by atoms with E-state index in [2.05, 4.69) is 10.3 Å². The summed E-state index contributed by atoms with van der Waals surface area (Å²) in [5.41, 5.74) is -0.478. The van der Waals surface area contributed by atoms with Gasteiger partial charge in [0, 0.05) is 31.3 Å². The van der Waals surface area contributed by atoms with Crippen molar-refractivity contribution in [3.8, 4) is 0 Å². The molecule has 0 atom stereocenters. The molecule has 3 nitrogen and oxygen atoms in total. The van der Waals surface area contributed by atoms with Crippen LogP contribution in [-0.2, 0) is 6.42 Å². The van der Waals surface area contributed by atoms with E-state index in [9.17, 15) is 9.50 Å². The molecule has 14 heavy (non-hydrogen) atoms. The fourth-order valence-electron chi connectivity index (χ4n) is 1.48. The van der Waals surface area contributed by atoms with Crippen LogP contribution in [0.3, 0.4) is 0 Å². The van der Waals surface area contributed by atoms with Crippen molar-refractivity contribution in [1.82, 2.24) is 10.3 Å². The van der Waals surface area contributed by atoms with E-state index >= 15 is 0 Å². The van der Waals surface area contributed by atoms with Gasteiger partial charge in [0.1, 0.15) is 0 Å². The minimum atomic E-state index is -0.840. The van der Waals surface area contributed by atoms with Crippen LogP contribution in [0.2, 0.25) is 5.02 Å². The van der Waals surface area contributed by atoms with Crippen LogP contribution in [0.5, 0.6) is 0 Å². The van der Waals surface area contributed by atoms with E-state index < -0.39 is 11.5 Å². The van der Waals surface area contributed by atoms with Crippen molar-refractivity contribution in [2.24, 2.45) is 0 Å². The number of hydrogen-bond acceptors (Lipinski definition) is 3. The molecule has 2 heterocycles. The third kappa shape index (κ3) is 1.87. The summed E-state index contributed by atoms with van der Waals surface area (Å²) in [7, 11) is 0. The molecule has 1 fully saturated rings. The molecule has 0 aromatic carbocycles. The smallest absolute Gasteiger partial charge is 0.216 e. The zero-order chi connectivity index (χ0) is 10.2. The van der Waals surface area contributed by atoms with Crippen LogP contribution in [0.15, 0.2) is 12.3 Å². The first-order valence-corrected chi connectivity index (χ1v) is 4.70. The largest absolute Gasteiger partial charge is 0.387 e. The molecule has 1 aliphatic heterocycles. The summed E-state index contributed by atoms with van der Waals surface area (Å²) in [6.07, 6.45) is 1.50. The molecule has 0 bridgehead atoms. The van der Waals surface area contributed by atoms with E-state index in [4.69, 9.17) is 11.6 Å². The summed E-state index contributed by atoms with van der Waals surface area (Å²) in [4.78, 5) is 3.49. The standard InChI is InChI=1S/C9H10ClFN2O/c10-7-1-6(8(11)13-3-7)2-9(14)4-12-5-9/h1,3,12,14H,2,4-5H2. The van der Waals surface area contributed by atoms with Gasteiger partial charge in [-0.1, -0.05) is 11.6 Å². The Labute approximate surface area is 85.9 Å². The number of nitrogens with zero attached hydrogens (tertiary/aromatic N) is 1. The fourth-order valence-corrected chi connectivity index (χ4v) is 1.66. The number of rotatable bonds is 2. The van der Waals surface area contributed by atoms with Crippen molar-refractivity contribution in [2.75, 3.05) is 13.1 Å². The molecule has 0 saturated carbocycles. The Morgan fingerprint density at radius 2 is 2.36 bits per heavy atom. The quantitative estimate of drug-likeness (QED) is 0.718. The molecule has 1 aromatic heterocycles. The SMILES string of the molecule is OC1(Cc2cc(Cl)cnc2F)CNC1. The maximum atomic E-state index is 13.2. The lowest BCUT2D eigenvalue weighted by molar-refractivity contribution is -0.00981. The highest BCUT2D eigenvalue weighted by Crippen LogP contribution is 2.21. The lowest BCUT2D eigenvalue weighted by Crippen LogP contribution is -2.60. The molecule has 1 aliphatic rings. The van der Waals surface area contributed by atoms with Crippen LogP contribution >= 0.6 is 11.6 Å². The van der Waals surface area contributed by atoms with Gasteiger partial charge in [-0.05, 0) is 6.07 Å². The summed E-state index contributed by atoms with van der Waals surface area (Å²) in [5, 5.41) is 13.1. The van der Waals surface area contributed by atoms with Gasteiger partial charge in [-0.15, -0.1) is 0 Å². The van der Waals surface area contributed by atoms with Crippen LogP contribution < -0.4 is 5.32 Å². The maximum Gasteiger partial charge on any atom is 0.216 e. The molecular weight excluding hydrogens is 207 g/mol. The van der Waals surface area contributed by atoms with Crippen LogP contribution in [0.1, 0.15) is 5.56 Å². The highest BCUT2D eigenvalue weighted by molar-refractivity contribution is 6.30. The van der Waals surface area contributed by atoms with Crippen molar-refractivity contribution in [2.45, 2.75) is 12.0 Å². The average Bonchev–Trinajstić information content (AvgIpc) is 2.09. The minimum absolute atomic E-state index is 0.249. The number of nitrogens with one attached hydrogen (secondary N) is 1. The maximum absolute atomic E-state index is 13.2. The van der Waals surface area contributed by atoms with Crippen molar-refractivity contribution in [3.63, 3.8) is 0 Å². The zero-order valence-corrected chi connectivity index (χ0v) is 8.18. The summed E-state index contributed by atoms with van der Waals surface area (Å²) in [5.74, 6) is -0.560. The van der Waals surface area contributed by atoms with Gasteiger partial charge in [0.05, 0.1) is 10.6 Å². The summed E-state index contributed by atoms with van der Waals surface area (Å²) < 4.78 is 13.2. The second-order valence-electron chi connectivity index (χ2n) is 3.61. The first-order valence-electron chi connectivity index (χ1n) is 4.32. The Bertz CT molecular complexity index is 355. The van der Waals surface area contributed by atoms with Crippen LogP contribution in [-0.4, -0.2) is 28.8 Å². The predicted octanol–water partition coefficient (Wildman–Crippen LogP) is 0.751. The van der Waals surface area contributed by atoms with E-state index in [-0.39, 0.29) is 6.42 Å². The van der Waals surface area contributed by atoms with Crippen molar-refractivity contribution < 1.29 is 9.50 Å². The predicted molar refractivity (Wildman–Crippen MR) is 50.7 cm³/mol. The molecule has 2 rings (SSSR count). The molecule has 0 unspecified atom stereocenters. The zero-order valence-electron chi connectivity index (χ0n) is 7.43. The molecule has 0 radical (unpaired) electrons. The number of halogens is 2. The van der Waals surface area contributed by atoms with Gasteiger partial charge in [-0.25, -0.2) is 4.98 Å². The normalized spacial score (nSPS) is 19.1. The van der Waals surface area contributed by atoms with E-state index in [0.29, 0.717) is 23.7 Å². The first-order chi connectivity index (χ1) is 6.59. The van der Waals surface area contributed by atoms with Crippen LogP contribution in [0.4, 0.5) is 4.39 Å². The average molecular weight is 217 g/mol. The fraction of sp³-hybridized carbons (Fsp3) is 0.444. The Kier molecular flexibility index (Phi) is 2.43. The van der Waals surface area contributed by atoms with Gasteiger partial charge in [0.25, 0.3) is 0 Å². The molecule has 2 N–H and O–H groups in total. The van der Waals surface area contributed by atoms with Gasteiger partial charge >= 0.3 is 0 Å². The number of aromatic nitrogens is 1. The number of aliphatic hydroxyl groups is 1. The van der Waals surface area contributed by atoms with E-state index in [1.165, 1.54) is 12.3 Å². The number of hydrogen-bond donors (Lipinski definition) is 2. The molecular formula is C9H10ClFN2O. The Hall–Kier alpha value is -0.710. The summed E-state index contributed by atoms with van der Waals surface area (Å²) in [6, 6.07) is 1.50. The molecule has 0 spiro atoms. The van der Waals surface area contributed by atoms with Gasteiger partial charge in [0.15, 0.2) is 0 Å². The monoisotopic (exact) mass is 216 g/mol. The van der Waals surface area contributed by atoms with Crippen LogP contribution in [0.25, 0.3) is 0 Å². The molecule has 5 heteroatoms. The Morgan fingerprint density at radius 1 is 1.64 bits per heavy atom. The topological polar surface area (TPSA) is 45.2 Å². The van der Waals surface area contributed by atoms with Crippen molar-refractivity contribution in [3.05, 3.63) is 28.8 Å². The third-order valence-corrected chi connectivity index (χ3v) is 2.51. The molecule has 1 aromatic rings. The van der Waals surface area contributed by atoms with Gasteiger partial charge in [-0.3, -0.25) is 0 Å².